The van der Waals surface area contributed by atoms with Crippen molar-refractivity contribution < 1.29 is 5.11 Å². The lowest BCUT2D eigenvalue weighted by Gasteiger charge is -2.45. The molecule has 2 fully saturated rings. The molecule has 1 aliphatic carbocycles. The molecule has 20 heavy (non-hydrogen) atoms. The Morgan fingerprint density at radius 2 is 2.05 bits per heavy atom. The number of piperidine rings is 1. The van der Waals surface area contributed by atoms with Gasteiger partial charge >= 0.3 is 0 Å². The van der Waals surface area contributed by atoms with E-state index in [0.717, 1.165) is 37.6 Å². The molecule has 118 valence electrons. The molecule has 1 saturated heterocycles. The summed E-state index contributed by atoms with van der Waals surface area (Å²) in [6.07, 6.45) is 5.98. The van der Waals surface area contributed by atoms with Crippen LogP contribution in [0.25, 0.3) is 0 Å². The van der Waals surface area contributed by atoms with E-state index in [4.69, 9.17) is 0 Å². The molecule has 2 aliphatic rings. The fraction of sp³-hybridized carbons (Fsp3) is 1.00. The summed E-state index contributed by atoms with van der Waals surface area (Å²) in [5, 5.41) is 13.5. The predicted molar refractivity (Wildman–Crippen MR) is 84.9 cm³/mol. The zero-order valence-electron chi connectivity index (χ0n) is 13.9. The van der Waals surface area contributed by atoms with Gasteiger partial charge in [0, 0.05) is 24.2 Å². The quantitative estimate of drug-likeness (QED) is 0.814. The molecular weight excluding hydrogens is 248 g/mol. The van der Waals surface area contributed by atoms with Crippen molar-refractivity contribution in [2.75, 3.05) is 19.7 Å². The molecule has 1 saturated carbocycles. The van der Waals surface area contributed by atoms with Crippen LogP contribution in [0.5, 0.6) is 0 Å². The minimum Gasteiger partial charge on any atom is -0.394 e. The largest absolute Gasteiger partial charge is 0.394 e. The molecule has 0 amide bonds. The van der Waals surface area contributed by atoms with Gasteiger partial charge < -0.3 is 10.4 Å². The zero-order valence-corrected chi connectivity index (χ0v) is 13.9. The van der Waals surface area contributed by atoms with Crippen molar-refractivity contribution in [2.45, 2.75) is 77.4 Å². The maximum atomic E-state index is 9.85. The molecule has 5 atom stereocenters. The number of nitrogens with one attached hydrogen (secondary N) is 1. The van der Waals surface area contributed by atoms with Gasteiger partial charge in [0.1, 0.15) is 0 Å². The summed E-state index contributed by atoms with van der Waals surface area (Å²) < 4.78 is 0. The number of hydrogen-bond acceptors (Lipinski definition) is 3. The number of aliphatic hydroxyl groups excluding tert-OH is 1. The second-order valence-corrected chi connectivity index (χ2v) is 7.52. The van der Waals surface area contributed by atoms with Gasteiger partial charge in [-0.2, -0.15) is 0 Å². The SMILES string of the molecule is CCCNC1(CO)CCC(N2CC(C)CC(C)C2C)C1. The Kier molecular flexibility index (Phi) is 5.49. The Morgan fingerprint density at radius 3 is 2.70 bits per heavy atom. The van der Waals surface area contributed by atoms with Crippen LogP contribution in [-0.4, -0.2) is 47.3 Å². The minimum atomic E-state index is -0.00960. The molecule has 1 heterocycles. The van der Waals surface area contributed by atoms with E-state index in [1.165, 1.54) is 19.4 Å². The van der Waals surface area contributed by atoms with E-state index in [-0.39, 0.29) is 12.1 Å². The van der Waals surface area contributed by atoms with E-state index >= 15 is 0 Å². The van der Waals surface area contributed by atoms with Crippen LogP contribution in [0.15, 0.2) is 0 Å². The van der Waals surface area contributed by atoms with Gasteiger partial charge in [-0.15, -0.1) is 0 Å². The maximum Gasteiger partial charge on any atom is 0.0613 e. The van der Waals surface area contributed by atoms with Crippen LogP contribution in [0.2, 0.25) is 0 Å². The van der Waals surface area contributed by atoms with Crippen molar-refractivity contribution >= 4 is 0 Å². The van der Waals surface area contributed by atoms with E-state index in [1.807, 2.05) is 0 Å². The summed E-state index contributed by atoms with van der Waals surface area (Å²) in [6, 6.07) is 1.35. The molecule has 3 heteroatoms. The van der Waals surface area contributed by atoms with E-state index in [1.54, 1.807) is 0 Å². The molecular formula is C17H34N2O. The molecule has 3 nitrogen and oxygen atoms in total. The topological polar surface area (TPSA) is 35.5 Å². The Bertz CT molecular complexity index is 309. The first-order valence-electron chi connectivity index (χ1n) is 8.63. The van der Waals surface area contributed by atoms with Crippen LogP contribution in [0.3, 0.4) is 0 Å². The van der Waals surface area contributed by atoms with Gasteiger partial charge in [0.25, 0.3) is 0 Å². The summed E-state index contributed by atoms with van der Waals surface area (Å²) in [6.45, 7) is 11.9. The van der Waals surface area contributed by atoms with Crippen LogP contribution < -0.4 is 5.32 Å². The first-order valence-corrected chi connectivity index (χ1v) is 8.63. The number of rotatable bonds is 5. The van der Waals surface area contributed by atoms with Crippen LogP contribution in [0, 0.1) is 11.8 Å². The van der Waals surface area contributed by atoms with Crippen molar-refractivity contribution in [2.24, 2.45) is 11.8 Å². The average molecular weight is 282 g/mol. The molecule has 0 aromatic heterocycles. The minimum absolute atomic E-state index is 0.00960. The standard InChI is InChI=1S/C17H34N2O/c1-5-8-18-17(12-20)7-6-16(10-17)19-11-13(2)9-14(3)15(19)4/h13-16,18,20H,5-12H2,1-4H3. The summed E-state index contributed by atoms with van der Waals surface area (Å²) in [4.78, 5) is 2.74. The van der Waals surface area contributed by atoms with Crippen molar-refractivity contribution in [3.8, 4) is 0 Å². The summed E-state index contributed by atoms with van der Waals surface area (Å²) >= 11 is 0. The number of hydrogen-bond donors (Lipinski definition) is 2. The predicted octanol–water partition coefficient (Wildman–Crippen LogP) is 2.64. The number of likely N-dealkylation sites (tertiary alicyclic amines) is 1. The highest BCUT2D eigenvalue weighted by Crippen LogP contribution is 2.38. The third-order valence-corrected chi connectivity index (χ3v) is 5.75. The van der Waals surface area contributed by atoms with Crippen LogP contribution >= 0.6 is 0 Å². The number of aliphatic hydroxyl groups is 1. The average Bonchev–Trinajstić information content (AvgIpc) is 2.85. The molecule has 0 spiro atoms. The molecule has 0 bridgehead atoms. The molecule has 2 rings (SSSR count). The Morgan fingerprint density at radius 1 is 1.30 bits per heavy atom. The first kappa shape index (κ1) is 16.3. The lowest BCUT2D eigenvalue weighted by Crippen LogP contribution is -2.52. The molecule has 5 unspecified atom stereocenters. The third kappa shape index (κ3) is 3.37. The highest BCUT2D eigenvalue weighted by Gasteiger charge is 2.43. The van der Waals surface area contributed by atoms with E-state index in [9.17, 15) is 5.11 Å². The molecule has 0 aromatic rings. The maximum absolute atomic E-state index is 9.85. The van der Waals surface area contributed by atoms with Crippen molar-refractivity contribution in [1.29, 1.82) is 0 Å². The van der Waals surface area contributed by atoms with Crippen molar-refractivity contribution in [3.05, 3.63) is 0 Å². The molecule has 0 aromatic carbocycles. The van der Waals surface area contributed by atoms with Gasteiger partial charge in [0.05, 0.1) is 6.61 Å². The van der Waals surface area contributed by atoms with Crippen molar-refractivity contribution in [3.63, 3.8) is 0 Å². The second-order valence-electron chi connectivity index (χ2n) is 7.52. The van der Waals surface area contributed by atoms with Crippen LogP contribution in [0.1, 0.15) is 59.8 Å². The van der Waals surface area contributed by atoms with Gasteiger partial charge in [-0.25, -0.2) is 0 Å². The molecule has 0 radical (unpaired) electrons. The van der Waals surface area contributed by atoms with E-state index < -0.39 is 0 Å². The highest BCUT2D eigenvalue weighted by atomic mass is 16.3. The normalized spacial score (nSPS) is 43.0. The fourth-order valence-electron chi connectivity index (χ4n) is 4.37. The Labute approximate surface area is 125 Å². The highest BCUT2D eigenvalue weighted by molar-refractivity contribution is 5.01. The number of nitrogens with zero attached hydrogens (tertiary/aromatic N) is 1. The smallest absolute Gasteiger partial charge is 0.0613 e. The van der Waals surface area contributed by atoms with Crippen LogP contribution in [0.4, 0.5) is 0 Å². The van der Waals surface area contributed by atoms with E-state index in [2.05, 4.69) is 37.9 Å². The Hall–Kier alpha value is -0.120. The van der Waals surface area contributed by atoms with Gasteiger partial charge in [-0.3, -0.25) is 4.90 Å². The summed E-state index contributed by atoms with van der Waals surface area (Å²) in [5.41, 5.74) is -0.00960. The monoisotopic (exact) mass is 282 g/mol. The van der Waals surface area contributed by atoms with Crippen LogP contribution in [-0.2, 0) is 0 Å². The van der Waals surface area contributed by atoms with Gasteiger partial charge in [0.15, 0.2) is 0 Å². The van der Waals surface area contributed by atoms with Gasteiger partial charge in [-0.1, -0.05) is 20.8 Å². The third-order valence-electron chi connectivity index (χ3n) is 5.75. The molecule has 1 aliphatic heterocycles. The molecule has 2 N–H and O–H groups in total. The first-order chi connectivity index (χ1) is 9.51. The second kappa shape index (κ2) is 6.76. The van der Waals surface area contributed by atoms with E-state index in [0.29, 0.717) is 12.1 Å². The van der Waals surface area contributed by atoms with Gasteiger partial charge in [-0.05, 0) is 57.4 Å². The lowest BCUT2D eigenvalue weighted by atomic mass is 9.84. The summed E-state index contributed by atoms with van der Waals surface area (Å²) in [7, 11) is 0. The zero-order chi connectivity index (χ0) is 14.8. The lowest BCUT2D eigenvalue weighted by molar-refractivity contribution is 0.0366. The fourth-order valence-corrected chi connectivity index (χ4v) is 4.37. The van der Waals surface area contributed by atoms with Gasteiger partial charge in [0.2, 0.25) is 0 Å². The summed E-state index contributed by atoms with van der Waals surface area (Å²) in [5.74, 6) is 1.61. The Balaban J connectivity index is 2.00. The van der Waals surface area contributed by atoms with Crippen molar-refractivity contribution in [1.82, 2.24) is 10.2 Å².